The molecule has 4 heteroatoms. The first-order valence-electron chi connectivity index (χ1n) is 9.05. The van der Waals surface area contributed by atoms with Gasteiger partial charge in [-0.15, -0.1) is 0 Å². The first-order valence-corrected chi connectivity index (χ1v) is 9.05. The second kappa shape index (κ2) is 11.7. The largest absolute Gasteiger partial charge is 0.416 e. The highest BCUT2D eigenvalue weighted by atomic mass is 19.4. The fourth-order valence-corrected chi connectivity index (χ4v) is 2.25. The second-order valence-electron chi connectivity index (χ2n) is 6.68. The lowest BCUT2D eigenvalue weighted by molar-refractivity contribution is -0.137. The van der Waals surface area contributed by atoms with Gasteiger partial charge in [-0.2, -0.15) is 13.2 Å². The molecule has 1 rings (SSSR count). The van der Waals surface area contributed by atoms with Gasteiger partial charge in [0.15, 0.2) is 5.78 Å². The molecule has 0 aliphatic heterocycles. The third kappa shape index (κ3) is 9.59. The van der Waals surface area contributed by atoms with Crippen molar-refractivity contribution in [3.8, 4) is 0 Å². The van der Waals surface area contributed by atoms with Crippen LogP contribution in [0.4, 0.5) is 13.2 Å². The number of halogens is 3. The third-order valence-electron chi connectivity index (χ3n) is 3.97. The lowest BCUT2D eigenvalue weighted by Gasteiger charge is -2.09. The molecule has 1 nitrogen and oxygen atoms in total. The van der Waals surface area contributed by atoms with Gasteiger partial charge in [0.25, 0.3) is 0 Å². The van der Waals surface area contributed by atoms with E-state index in [0.29, 0.717) is 5.92 Å². The minimum Gasteiger partial charge on any atom is -0.295 e. The summed E-state index contributed by atoms with van der Waals surface area (Å²) in [6, 6.07) is 5.33. The van der Waals surface area contributed by atoms with Crippen molar-refractivity contribution in [1.29, 1.82) is 0 Å². The Hall–Kier alpha value is -1.84. The Bertz CT molecular complexity index is 603. The standard InChI is InChI=1S/C12H20O.C10H11F3/c1-6-10(4)12(11(5)13)8-7-9(2)3;1-2-3-8-4-6-9(7-5-8)10(11,12)13/h7-8,10H,6H2,1-5H3;4-7H,2-3H2,1H3/b12-8+;. The van der Waals surface area contributed by atoms with Gasteiger partial charge in [-0.25, -0.2) is 0 Å². The van der Waals surface area contributed by atoms with Crippen LogP contribution in [0, 0.1) is 5.92 Å². The van der Waals surface area contributed by atoms with E-state index in [0.717, 1.165) is 42.5 Å². The number of hydrogen-bond donors (Lipinski definition) is 0. The summed E-state index contributed by atoms with van der Waals surface area (Å²) < 4.78 is 36.3. The molecule has 146 valence electrons. The lowest BCUT2D eigenvalue weighted by atomic mass is 9.95. The van der Waals surface area contributed by atoms with Gasteiger partial charge < -0.3 is 0 Å². The van der Waals surface area contributed by atoms with Gasteiger partial charge in [0.05, 0.1) is 5.56 Å². The number of aryl methyl sites for hydroxylation is 1. The zero-order valence-electron chi connectivity index (χ0n) is 16.7. The predicted octanol–water partition coefficient (Wildman–Crippen LogP) is 7.17. The van der Waals surface area contributed by atoms with E-state index in [-0.39, 0.29) is 5.78 Å². The molecule has 1 aromatic carbocycles. The van der Waals surface area contributed by atoms with Crippen molar-refractivity contribution in [2.75, 3.05) is 0 Å². The summed E-state index contributed by atoms with van der Waals surface area (Å²) in [7, 11) is 0. The molecule has 0 spiro atoms. The summed E-state index contributed by atoms with van der Waals surface area (Å²) in [5, 5.41) is 0. The van der Waals surface area contributed by atoms with Crippen LogP contribution in [-0.2, 0) is 17.4 Å². The van der Waals surface area contributed by atoms with Crippen molar-refractivity contribution in [3.63, 3.8) is 0 Å². The van der Waals surface area contributed by atoms with Crippen molar-refractivity contribution in [2.24, 2.45) is 5.92 Å². The van der Waals surface area contributed by atoms with Crippen LogP contribution in [0.15, 0.2) is 47.6 Å². The molecule has 1 unspecified atom stereocenters. The van der Waals surface area contributed by atoms with E-state index in [2.05, 4.69) is 13.8 Å². The molecule has 0 radical (unpaired) electrons. The average Bonchev–Trinajstić information content (AvgIpc) is 2.54. The van der Waals surface area contributed by atoms with Gasteiger partial charge in [-0.05, 0) is 62.8 Å². The Labute approximate surface area is 156 Å². The highest BCUT2D eigenvalue weighted by Gasteiger charge is 2.29. The van der Waals surface area contributed by atoms with E-state index in [1.807, 2.05) is 32.9 Å². The minimum atomic E-state index is -4.22. The lowest BCUT2D eigenvalue weighted by Crippen LogP contribution is -2.06. The molecule has 1 aromatic rings. The summed E-state index contributed by atoms with van der Waals surface area (Å²) >= 11 is 0. The van der Waals surface area contributed by atoms with Gasteiger partial charge in [-0.3, -0.25) is 4.79 Å². The average molecular weight is 368 g/mol. The maximum atomic E-state index is 12.1. The molecule has 0 heterocycles. The van der Waals surface area contributed by atoms with E-state index >= 15 is 0 Å². The van der Waals surface area contributed by atoms with E-state index in [1.165, 1.54) is 17.7 Å². The first kappa shape index (κ1) is 24.2. The van der Waals surface area contributed by atoms with Crippen molar-refractivity contribution in [3.05, 3.63) is 58.7 Å². The van der Waals surface area contributed by atoms with E-state index < -0.39 is 11.7 Å². The van der Waals surface area contributed by atoms with Crippen molar-refractivity contribution >= 4 is 5.78 Å². The first-order chi connectivity index (χ1) is 12.0. The smallest absolute Gasteiger partial charge is 0.295 e. The van der Waals surface area contributed by atoms with E-state index in [4.69, 9.17) is 0 Å². The highest BCUT2D eigenvalue weighted by Crippen LogP contribution is 2.29. The van der Waals surface area contributed by atoms with Crippen LogP contribution in [0.1, 0.15) is 65.5 Å². The van der Waals surface area contributed by atoms with Crippen molar-refractivity contribution in [2.45, 2.75) is 67.0 Å². The van der Waals surface area contributed by atoms with Crippen LogP contribution in [0.5, 0.6) is 0 Å². The molecule has 0 fully saturated rings. The SMILES string of the molecule is CCC(C)/C(=C\C=C(C)C)C(C)=O.CCCc1ccc(C(F)(F)F)cc1. The Morgan fingerprint density at radius 3 is 1.92 bits per heavy atom. The molecule has 0 aromatic heterocycles. The molecule has 0 saturated heterocycles. The van der Waals surface area contributed by atoms with Crippen LogP contribution in [-0.4, -0.2) is 5.78 Å². The zero-order valence-corrected chi connectivity index (χ0v) is 16.7. The van der Waals surface area contributed by atoms with Crippen LogP contribution in [0.2, 0.25) is 0 Å². The Kier molecular flexibility index (Phi) is 10.9. The molecule has 0 aliphatic rings. The summed E-state index contributed by atoms with van der Waals surface area (Å²) in [6.07, 6.45) is 2.53. The molecule has 26 heavy (non-hydrogen) atoms. The van der Waals surface area contributed by atoms with Crippen LogP contribution in [0.25, 0.3) is 0 Å². The number of Topliss-reactive ketones (excluding diaryl/α,β-unsaturated/α-hetero) is 1. The quantitative estimate of drug-likeness (QED) is 0.384. The number of rotatable bonds is 6. The van der Waals surface area contributed by atoms with Crippen LogP contribution < -0.4 is 0 Å². The maximum Gasteiger partial charge on any atom is 0.416 e. The summed E-state index contributed by atoms with van der Waals surface area (Å²) in [4.78, 5) is 11.3. The summed E-state index contributed by atoms with van der Waals surface area (Å²) in [6.45, 7) is 11.9. The second-order valence-corrected chi connectivity index (χ2v) is 6.68. The fraction of sp³-hybridized carbons (Fsp3) is 0.500. The normalized spacial score (nSPS) is 12.7. The minimum absolute atomic E-state index is 0.187. The molecular weight excluding hydrogens is 337 g/mol. The maximum absolute atomic E-state index is 12.1. The van der Waals surface area contributed by atoms with Gasteiger partial charge >= 0.3 is 6.18 Å². The number of ketones is 1. The third-order valence-corrected chi connectivity index (χ3v) is 3.97. The number of benzene rings is 1. The summed E-state index contributed by atoms with van der Waals surface area (Å²) in [5.74, 6) is 0.556. The topological polar surface area (TPSA) is 17.1 Å². The number of carbonyl (C=O) groups is 1. The van der Waals surface area contributed by atoms with Crippen LogP contribution >= 0.6 is 0 Å². The number of hydrogen-bond acceptors (Lipinski definition) is 1. The molecule has 0 amide bonds. The van der Waals surface area contributed by atoms with Gasteiger partial charge in [0.2, 0.25) is 0 Å². The van der Waals surface area contributed by atoms with E-state index in [1.54, 1.807) is 6.92 Å². The molecule has 0 N–H and O–H groups in total. The Morgan fingerprint density at radius 2 is 1.58 bits per heavy atom. The van der Waals surface area contributed by atoms with Crippen LogP contribution in [0.3, 0.4) is 0 Å². The van der Waals surface area contributed by atoms with Crippen molar-refractivity contribution < 1.29 is 18.0 Å². The van der Waals surface area contributed by atoms with Gasteiger partial charge in [0.1, 0.15) is 0 Å². The molecule has 0 aliphatic carbocycles. The number of allylic oxidation sites excluding steroid dienone is 4. The highest BCUT2D eigenvalue weighted by molar-refractivity contribution is 5.93. The monoisotopic (exact) mass is 368 g/mol. The molecular formula is C22H31F3O. The van der Waals surface area contributed by atoms with E-state index in [9.17, 15) is 18.0 Å². The number of alkyl halides is 3. The Balaban J connectivity index is 0.000000481. The molecule has 0 bridgehead atoms. The zero-order chi connectivity index (χ0) is 20.3. The van der Waals surface area contributed by atoms with Gasteiger partial charge in [0, 0.05) is 0 Å². The summed E-state index contributed by atoms with van der Waals surface area (Å²) in [5.41, 5.74) is 2.54. The molecule has 0 saturated carbocycles. The predicted molar refractivity (Wildman–Crippen MR) is 103 cm³/mol. The number of carbonyl (C=O) groups excluding carboxylic acids is 1. The fourth-order valence-electron chi connectivity index (χ4n) is 2.25. The van der Waals surface area contributed by atoms with Crippen molar-refractivity contribution in [1.82, 2.24) is 0 Å². The Morgan fingerprint density at radius 1 is 1.04 bits per heavy atom. The molecule has 1 atom stereocenters. The van der Waals surface area contributed by atoms with Gasteiger partial charge in [-0.1, -0.05) is 57.0 Å².